The monoisotopic (exact) mass is 313 g/mol. The molecule has 1 aromatic rings. The van der Waals surface area contributed by atoms with Gasteiger partial charge in [0.15, 0.2) is 5.11 Å². The summed E-state index contributed by atoms with van der Waals surface area (Å²) in [5.41, 5.74) is 5.85. The Morgan fingerprint density at radius 3 is 2.85 bits per heavy atom. The van der Waals surface area contributed by atoms with Crippen molar-refractivity contribution in [3.63, 3.8) is 0 Å². The Hall–Kier alpha value is -1.79. The van der Waals surface area contributed by atoms with E-state index in [0.29, 0.717) is 22.4 Å². The molecular formula is C13H16ClN3O2S. The van der Waals surface area contributed by atoms with Gasteiger partial charge in [-0.05, 0) is 29.9 Å². The number of hydrogen-bond acceptors (Lipinski definition) is 3. The summed E-state index contributed by atoms with van der Waals surface area (Å²) < 4.78 is 5.04. The zero-order valence-electron chi connectivity index (χ0n) is 11.0. The van der Waals surface area contributed by atoms with Crippen LogP contribution in [-0.4, -0.2) is 24.7 Å². The molecule has 108 valence electrons. The summed E-state index contributed by atoms with van der Waals surface area (Å²) >= 11 is 10.9. The highest BCUT2D eigenvalue weighted by atomic mass is 35.5. The Labute approximate surface area is 128 Å². The van der Waals surface area contributed by atoms with E-state index in [1.807, 2.05) is 0 Å². The number of methoxy groups -OCH3 is 1. The van der Waals surface area contributed by atoms with Crippen molar-refractivity contribution in [1.82, 2.24) is 16.2 Å². The summed E-state index contributed by atoms with van der Waals surface area (Å²) in [6, 6.07) is 5.18. The van der Waals surface area contributed by atoms with Crippen LogP contribution in [-0.2, 0) is 11.2 Å². The molecule has 0 aromatic heterocycles. The van der Waals surface area contributed by atoms with Crippen molar-refractivity contribution in [2.45, 2.75) is 6.42 Å². The van der Waals surface area contributed by atoms with Gasteiger partial charge in [0, 0.05) is 6.54 Å². The molecular weight excluding hydrogens is 298 g/mol. The van der Waals surface area contributed by atoms with Crippen LogP contribution in [0.5, 0.6) is 5.75 Å². The highest BCUT2D eigenvalue weighted by Gasteiger charge is 2.06. The number of hydrazine groups is 1. The van der Waals surface area contributed by atoms with Gasteiger partial charge in [0.2, 0.25) is 5.91 Å². The van der Waals surface area contributed by atoms with Crippen LogP contribution < -0.4 is 20.9 Å². The van der Waals surface area contributed by atoms with E-state index >= 15 is 0 Å². The Morgan fingerprint density at radius 2 is 2.25 bits per heavy atom. The van der Waals surface area contributed by atoms with Gasteiger partial charge in [0.1, 0.15) is 5.75 Å². The predicted octanol–water partition coefficient (Wildman–Crippen LogP) is 1.57. The fraction of sp³-hybridized carbons (Fsp3) is 0.231. The second-order valence-corrected chi connectivity index (χ2v) is 4.63. The number of nitrogens with one attached hydrogen (secondary N) is 3. The lowest BCUT2D eigenvalue weighted by atomic mass is 10.1. The molecule has 1 amide bonds. The van der Waals surface area contributed by atoms with Gasteiger partial charge >= 0.3 is 0 Å². The van der Waals surface area contributed by atoms with E-state index in [1.54, 1.807) is 24.3 Å². The highest BCUT2D eigenvalue weighted by molar-refractivity contribution is 7.80. The number of amides is 1. The topological polar surface area (TPSA) is 62.4 Å². The lowest BCUT2D eigenvalue weighted by molar-refractivity contribution is -0.121. The molecule has 5 nitrogen and oxygen atoms in total. The van der Waals surface area contributed by atoms with Crippen LogP contribution in [0, 0.1) is 0 Å². The van der Waals surface area contributed by atoms with Crippen LogP contribution in [0.25, 0.3) is 0 Å². The minimum absolute atomic E-state index is 0.181. The molecule has 3 N–H and O–H groups in total. The van der Waals surface area contributed by atoms with Crippen molar-refractivity contribution in [3.05, 3.63) is 41.4 Å². The fourth-order valence-corrected chi connectivity index (χ4v) is 1.80. The van der Waals surface area contributed by atoms with E-state index in [0.717, 1.165) is 5.56 Å². The normalized spacial score (nSPS) is 9.50. The van der Waals surface area contributed by atoms with Crippen LogP contribution in [0.2, 0.25) is 5.02 Å². The summed E-state index contributed by atoms with van der Waals surface area (Å²) in [5.74, 6) is 0.345. The quantitative estimate of drug-likeness (QED) is 0.437. The lowest BCUT2D eigenvalue weighted by Gasteiger charge is -2.10. The molecule has 0 fully saturated rings. The highest BCUT2D eigenvalue weighted by Crippen LogP contribution is 2.24. The number of hydrogen-bond donors (Lipinski definition) is 3. The smallest absolute Gasteiger partial charge is 0.242 e. The minimum atomic E-state index is -0.228. The Balaban J connectivity index is 2.44. The molecule has 0 aliphatic rings. The second-order valence-electron chi connectivity index (χ2n) is 3.82. The average molecular weight is 314 g/mol. The van der Waals surface area contributed by atoms with Crippen LogP contribution in [0.15, 0.2) is 30.9 Å². The second kappa shape index (κ2) is 8.39. The molecule has 0 saturated heterocycles. The first kappa shape index (κ1) is 16.3. The van der Waals surface area contributed by atoms with E-state index in [-0.39, 0.29) is 12.3 Å². The maximum atomic E-state index is 11.7. The third-order valence-corrected chi connectivity index (χ3v) is 2.85. The maximum absolute atomic E-state index is 11.7. The molecule has 0 heterocycles. The molecule has 1 aromatic carbocycles. The molecule has 0 bridgehead atoms. The number of carbonyl (C=O) groups is 1. The van der Waals surface area contributed by atoms with E-state index in [2.05, 4.69) is 22.7 Å². The van der Waals surface area contributed by atoms with E-state index in [1.165, 1.54) is 7.11 Å². The molecule has 0 atom stereocenters. The van der Waals surface area contributed by atoms with Crippen LogP contribution >= 0.6 is 23.8 Å². The third-order valence-electron chi connectivity index (χ3n) is 2.30. The molecule has 1 rings (SSSR count). The molecule has 0 unspecified atom stereocenters. The van der Waals surface area contributed by atoms with E-state index < -0.39 is 0 Å². The molecule has 0 aliphatic carbocycles. The summed E-state index contributed by atoms with van der Waals surface area (Å²) in [6.07, 6.45) is 1.84. The Kier molecular flexibility index (Phi) is 6.83. The van der Waals surface area contributed by atoms with E-state index in [9.17, 15) is 4.79 Å². The third kappa shape index (κ3) is 5.46. The number of carbonyl (C=O) groups excluding carboxylic acids is 1. The molecule has 0 spiro atoms. The summed E-state index contributed by atoms with van der Waals surface area (Å²) in [7, 11) is 1.54. The van der Waals surface area contributed by atoms with Crippen molar-refractivity contribution in [3.8, 4) is 5.75 Å². The number of rotatable bonds is 5. The number of thiocarbonyl (C=S) groups is 1. The standard InChI is InChI=1S/C13H16ClN3O2S/c1-3-6-15-13(20)17-16-12(18)8-9-4-5-11(19-2)10(14)7-9/h3-5,7H,1,6,8H2,2H3,(H,16,18)(H2,15,17,20). The summed E-state index contributed by atoms with van der Waals surface area (Å²) in [5, 5.41) is 3.62. The summed E-state index contributed by atoms with van der Waals surface area (Å²) in [4.78, 5) is 11.7. The lowest BCUT2D eigenvalue weighted by Crippen LogP contribution is -2.47. The first-order chi connectivity index (χ1) is 9.56. The van der Waals surface area contributed by atoms with Crippen molar-refractivity contribution >= 4 is 34.8 Å². The molecule has 7 heteroatoms. The minimum Gasteiger partial charge on any atom is -0.495 e. The number of benzene rings is 1. The van der Waals surface area contributed by atoms with Crippen molar-refractivity contribution < 1.29 is 9.53 Å². The van der Waals surface area contributed by atoms with Gasteiger partial charge < -0.3 is 10.1 Å². The predicted molar refractivity (Wildman–Crippen MR) is 83.8 cm³/mol. The molecule has 0 aliphatic heterocycles. The number of ether oxygens (including phenoxy) is 1. The Morgan fingerprint density at radius 1 is 1.50 bits per heavy atom. The summed E-state index contributed by atoms with van der Waals surface area (Å²) in [6.45, 7) is 4.07. The van der Waals surface area contributed by atoms with Gasteiger partial charge in [0.05, 0.1) is 18.6 Å². The molecule has 0 saturated carbocycles. The van der Waals surface area contributed by atoms with Crippen molar-refractivity contribution in [2.75, 3.05) is 13.7 Å². The molecule has 0 radical (unpaired) electrons. The average Bonchev–Trinajstić information content (AvgIpc) is 2.43. The van der Waals surface area contributed by atoms with Crippen molar-refractivity contribution in [1.29, 1.82) is 0 Å². The van der Waals surface area contributed by atoms with Crippen LogP contribution in [0.4, 0.5) is 0 Å². The first-order valence-corrected chi connectivity index (χ1v) is 6.61. The van der Waals surface area contributed by atoms with Gasteiger partial charge in [0.25, 0.3) is 0 Å². The van der Waals surface area contributed by atoms with Gasteiger partial charge in [-0.25, -0.2) is 0 Å². The van der Waals surface area contributed by atoms with Gasteiger partial charge in [-0.2, -0.15) is 0 Å². The number of halogens is 1. The first-order valence-electron chi connectivity index (χ1n) is 5.82. The van der Waals surface area contributed by atoms with Gasteiger partial charge in [-0.1, -0.05) is 23.7 Å². The largest absolute Gasteiger partial charge is 0.495 e. The van der Waals surface area contributed by atoms with Gasteiger partial charge in [-0.15, -0.1) is 6.58 Å². The van der Waals surface area contributed by atoms with Crippen molar-refractivity contribution in [2.24, 2.45) is 0 Å². The van der Waals surface area contributed by atoms with Gasteiger partial charge in [-0.3, -0.25) is 15.6 Å². The Bertz CT molecular complexity index is 508. The zero-order valence-corrected chi connectivity index (χ0v) is 12.6. The fourth-order valence-electron chi connectivity index (χ4n) is 1.38. The SMILES string of the molecule is C=CCNC(=S)NNC(=O)Cc1ccc(OC)c(Cl)c1. The zero-order chi connectivity index (χ0) is 15.0. The van der Waals surface area contributed by atoms with Crippen LogP contribution in [0.1, 0.15) is 5.56 Å². The van der Waals surface area contributed by atoms with E-state index in [4.69, 9.17) is 28.6 Å². The maximum Gasteiger partial charge on any atom is 0.242 e. The van der Waals surface area contributed by atoms with Crippen LogP contribution in [0.3, 0.4) is 0 Å². The molecule has 20 heavy (non-hydrogen) atoms.